The first-order chi connectivity index (χ1) is 21.7. The summed E-state index contributed by atoms with van der Waals surface area (Å²) in [6.45, 7) is 6.68. The first-order valence-electron chi connectivity index (χ1n) is 14.5. The number of ether oxygens (including phenoxy) is 2. The van der Waals surface area contributed by atoms with E-state index < -0.39 is 49.9 Å². The lowest BCUT2D eigenvalue weighted by Crippen LogP contribution is -2.52. The van der Waals surface area contributed by atoms with Gasteiger partial charge in [0.15, 0.2) is 0 Å². The SMILES string of the molecule is CC[C@H](C(=O)NCC(C)C)N(Cc1cccc(OC)c1)C(=O)CN(c1cc(Cl)ccc1OC)S(=O)(=O)c1ccc(C)c([N+](=O)[O-])c1. The molecule has 0 spiro atoms. The third kappa shape index (κ3) is 8.67. The van der Waals surface area contributed by atoms with Crippen molar-refractivity contribution in [3.05, 3.63) is 86.9 Å². The van der Waals surface area contributed by atoms with Gasteiger partial charge in [0.1, 0.15) is 24.1 Å². The highest BCUT2D eigenvalue weighted by molar-refractivity contribution is 7.92. The van der Waals surface area contributed by atoms with E-state index in [1.807, 2.05) is 13.8 Å². The summed E-state index contributed by atoms with van der Waals surface area (Å²) in [5, 5.41) is 14.7. The molecule has 0 fully saturated rings. The van der Waals surface area contributed by atoms with Crippen LogP contribution >= 0.6 is 11.6 Å². The fourth-order valence-electron chi connectivity index (χ4n) is 4.75. The molecule has 0 heterocycles. The molecule has 3 rings (SSSR count). The highest BCUT2D eigenvalue weighted by atomic mass is 35.5. The second-order valence-corrected chi connectivity index (χ2v) is 13.3. The molecule has 1 atom stereocenters. The van der Waals surface area contributed by atoms with Crippen LogP contribution in [0.15, 0.2) is 65.6 Å². The van der Waals surface area contributed by atoms with Crippen molar-refractivity contribution in [2.45, 2.75) is 51.6 Å². The van der Waals surface area contributed by atoms with Crippen molar-refractivity contribution in [3.63, 3.8) is 0 Å². The molecule has 0 bridgehead atoms. The molecule has 248 valence electrons. The van der Waals surface area contributed by atoms with Gasteiger partial charge in [-0.1, -0.05) is 50.6 Å². The topological polar surface area (TPSA) is 148 Å². The molecule has 12 nitrogen and oxygen atoms in total. The van der Waals surface area contributed by atoms with Gasteiger partial charge in [-0.2, -0.15) is 0 Å². The highest BCUT2D eigenvalue weighted by Gasteiger charge is 2.35. The van der Waals surface area contributed by atoms with E-state index in [9.17, 15) is 28.1 Å². The van der Waals surface area contributed by atoms with Gasteiger partial charge in [0.2, 0.25) is 11.8 Å². The number of methoxy groups -OCH3 is 2. The summed E-state index contributed by atoms with van der Waals surface area (Å²) in [5.41, 5.74) is 0.435. The van der Waals surface area contributed by atoms with Crippen molar-refractivity contribution in [3.8, 4) is 11.5 Å². The van der Waals surface area contributed by atoms with Crippen molar-refractivity contribution in [1.82, 2.24) is 10.2 Å². The summed E-state index contributed by atoms with van der Waals surface area (Å²) < 4.78 is 40.2. The van der Waals surface area contributed by atoms with Crippen LogP contribution in [0.1, 0.15) is 38.3 Å². The molecule has 0 aliphatic carbocycles. The Morgan fingerprint density at radius 2 is 1.76 bits per heavy atom. The molecule has 0 unspecified atom stereocenters. The number of nitro benzene ring substituents is 1. The lowest BCUT2D eigenvalue weighted by molar-refractivity contribution is -0.385. The summed E-state index contributed by atoms with van der Waals surface area (Å²) in [7, 11) is -1.80. The second-order valence-electron chi connectivity index (χ2n) is 11.0. The molecule has 46 heavy (non-hydrogen) atoms. The average Bonchev–Trinajstić information content (AvgIpc) is 3.02. The number of carbonyl (C=O) groups is 2. The molecule has 1 N–H and O–H groups in total. The van der Waals surface area contributed by atoms with E-state index in [2.05, 4.69) is 5.32 Å². The number of amides is 2. The van der Waals surface area contributed by atoms with Crippen LogP contribution in [0.2, 0.25) is 5.02 Å². The highest BCUT2D eigenvalue weighted by Crippen LogP contribution is 2.36. The van der Waals surface area contributed by atoms with Gasteiger partial charge in [0.05, 0.1) is 29.7 Å². The fourth-order valence-corrected chi connectivity index (χ4v) is 6.36. The largest absolute Gasteiger partial charge is 0.497 e. The van der Waals surface area contributed by atoms with Crippen LogP contribution in [-0.2, 0) is 26.2 Å². The van der Waals surface area contributed by atoms with Crippen molar-refractivity contribution < 1.29 is 32.4 Å². The quantitative estimate of drug-likeness (QED) is 0.168. The van der Waals surface area contributed by atoms with Crippen LogP contribution < -0.4 is 19.1 Å². The lowest BCUT2D eigenvalue weighted by Gasteiger charge is -2.33. The minimum Gasteiger partial charge on any atom is -0.497 e. The number of benzene rings is 3. The van der Waals surface area contributed by atoms with Crippen LogP contribution in [0, 0.1) is 23.0 Å². The Balaban J connectivity index is 2.18. The molecular formula is C32H39ClN4O8S. The van der Waals surface area contributed by atoms with Crippen molar-refractivity contribution in [2.24, 2.45) is 5.92 Å². The number of nitrogens with one attached hydrogen (secondary N) is 1. The third-order valence-electron chi connectivity index (χ3n) is 7.21. The minimum atomic E-state index is -4.64. The van der Waals surface area contributed by atoms with Crippen LogP contribution in [-0.4, -0.2) is 63.4 Å². The van der Waals surface area contributed by atoms with Gasteiger partial charge in [-0.05, 0) is 61.2 Å². The number of hydrogen-bond acceptors (Lipinski definition) is 8. The maximum Gasteiger partial charge on any atom is 0.273 e. The number of nitrogens with zero attached hydrogens (tertiary/aromatic N) is 3. The Morgan fingerprint density at radius 3 is 2.37 bits per heavy atom. The van der Waals surface area contributed by atoms with Gasteiger partial charge < -0.3 is 19.7 Å². The first-order valence-corrected chi connectivity index (χ1v) is 16.4. The predicted octanol–water partition coefficient (Wildman–Crippen LogP) is 5.35. The van der Waals surface area contributed by atoms with E-state index >= 15 is 0 Å². The van der Waals surface area contributed by atoms with Crippen molar-refractivity contribution in [1.29, 1.82) is 0 Å². The summed E-state index contributed by atoms with van der Waals surface area (Å²) in [5.74, 6) is -0.323. The molecule has 2 amide bonds. The van der Waals surface area contributed by atoms with E-state index in [1.54, 1.807) is 31.2 Å². The van der Waals surface area contributed by atoms with Gasteiger partial charge in [-0.3, -0.25) is 24.0 Å². The minimum absolute atomic E-state index is 0.0415. The van der Waals surface area contributed by atoms with Crippen LogP contribution in [0.4, 0.5) is 11.4 Å². The second kappa shape index (κ2) is 15.8. The Bertz CT molecular complexity index is 1680. The molecule has 0 saturated carbocycles. The maximum atomic E-state index is 14.3. The summed E-state index contributed by atoms with van der Waals surface area (Å²) in [4.78, 5) is 39.7. The Kier molecular flexibility index (Phi) is 12.4. The molecule has 0 aromatic heterocycles. The van der Waals surface area contributed by atoms with Gasteiger partial charge >= 0.3 is 0 Å². The number of halogens is 1. The summed E-state index contributed by atoms with van der Waals surface area (Å²) in [6.07, 6.45) is 0.233. The van der Waals surface area contributed by atoms with Crippen molar-refractivity contribution in [2.75, 3.05) is 31.6 Å². The standard InChI is InChI=1S/C32H39ClN4O8S/c1-7-27(32(39)34-18-21(2)3)35(19-23-9-8-10-25(15-23)44-5)31(38)20-36(29-16-24(33)12-14-30(29)45-6)46(42,43)26-13-11-22(4)28(17-26)37(40)41/h8-17,21,27H,7,18-20H2,1-6H3,(H,34,39)/t27-/m1/s1. The zero-order valence-electron chi connectivity index (χ0n) is 26.7. The smallest absolute Gasteiger partial charge is 0.273 e. The molecule has 14 heteroatoms. The third-order valence-corrected chi connectivity index (χ3v) is 9.20. The number of hydrogen-bond donors (Lipinski definition) is 1. The molecular weight excluding hydrogens is 636 g/mol. The Labute approximate surface area is 274 Å². The van der Waals surface area contributed by atoms with Crippen LogP contribution in [0.5, 0.6) is 11.5 Å². The summed E-state index contributed by atoms with van der Waals surface area (Å²) >= 11 is 6.28. The number of sulfonamides is 1. The molecule has 0 saturated heterocycles. The van der Waals surface area contributed by atoms with Gasteiger partial charge in [0.25, 0.3) is 15.7 Å². The molecule has 3 aromatic carbocycles. The van der Waals surface area contributed by atoms with Gasteiger partial charge in [0, 0.05) is 29.7 Å². The van der Waals surface area contributed by atoms with Crippen LogP contribution in [0.25, 0.3) is 0 Å². The zero-order chi connectivity index (χ0) is 34.2. The van der Waals surface area contributed by atoms with Crippen molar-refractivity contribution >= 4 is 44.8 Å². The van der Waals surface area contributed by atoms with E-state index in [-0.39, 0.29) is 40.9 Å². The van der Waals surface area contributed by atoms with Gasteiger partial charge in [-0.25, -0.2) is 8.42 Å². The summed E-state index contributed by atoms with van der Waals surface area (Å²) in [6, 6.07) is 13.8. The molecule has 0 aliphatic heterocycles. The fraction of sp³-hybridized carbons (Fsp3) is 0.375. The first kappa shape index (κ1) is 36.1. The number of nitro groups is 1. The Hall–Kier alpha value is -4.36. The molecule has 3 aromatic rings. The zero-order valence-corrected chi connectivity index (χ0v) is 28.2. The Morgan fingerprint density at radius 1 is 1.04 bits per heavy atom. The van der Waals surface area contributed by atoms with E-state index in [4.69, 9.17) is 21.1 Å². The maximum absolute atomic E-state index is 14.3. The number of aryl methyl sites for hydroxylation is 1. The lowest BCUT2D eigenvalue weighted by atomic mass is 10.1. The molecule has 0 radical (unpaired) electrons. The van der Waals surface area contributed by atoms with E-state index in [0.29, 0.717) is 17.9 Å². The van der Waals surface area contributed by atoms with Crippen LogP contribution in [0.3, 0.4) is 0 Å². The van der Waals surface area contributed by atoms with Gasteiger partial charge in [-0.15, -0.1) is 0 Å². The molecule has 0 aliphatic rings. The number of carbonyl (C=O) groups excluding carboxylic acids is 2. The number of rotatable bonds is 15. The number of anilines is 1. The normalized spacial score (nSPS) is 11.9. The predicted molar refractivity (Wildman–Crippen MR) is 176 cm³/mol. The average molecular weight is 675 g/mol. The van der Waals surface area contributed by atoms with E-state index in [0.717, 1.165) is 10.4 Å². The monoisotopic (exact) mass is 674 g/mol. The van der Waals surface area contributed by atoms with E-state index in [1.165, 1.54) is 56.4 Å².